The summed E-state index contributed by atoms with van der Waals surface area (Å²) in [7, 11) is 0. The number of halogens is 2. The monoisotopic (exact) mass is 312 g/mol. The number of nitrogens with one attached hydrogen (secondary N) is 1. The zero-order valence-corrected chi connectivity index (χ0v) is 13.5. The van der Waals surface area contributed by atoms with Crippen molar-refractivity contribution in [3.63, 3.8) is 0 Å². The van der Waals surface area contributed by atoms with E-state index in [0.29, 0.717) is 17.8 Å². The maximum absolute atomic E-state index is 13.3. The fraction of sp³-hybridized carbons (Fsp3) is 0.625. The molecule has 21 heavy (non-hydrogen) atoms. The minimum atomic E-state index is -0.554. The lowest BCUT2D eigenvalue weighted by atomic mass is 9.74. The summed E-state index contributed by atoms with van der Waals surface area (Å²) in [5.74, 6) is 0.652. The number of amides is 1. The molecule has 0 saturated heterocycles. The minimum absolute atomic E-state index is 0.0406. The van der Waals surface area contributed by atoms with Crippen LogP contribution in [0, 0.1) is 23.6 Å². The van der Waals surface area contributed by atoms with E-state index in [0.717, 1.165) is 25.1 Å². The lowest BCUT2D eigenvalue weighted by molar-refractivity contribution is 0.0867. The third kappa shape index (κ3) is 3.94. The van der Waals surface area contributed by atoms with Gasteiger partial charge in [-0.05, 0) is 36.7 Å². The Morgan fingerprint density at radius 1 is 1.48 bits per heavy atom. The Kier molecular flexibility index (Phi) is 5.20. The number of rotatable bonds is 3. The second-order valence-electron chi connectivity index (χ2n) is 6.40. The smallest absolute Gasteiger partial charge is 0.254 e. The van der Waals surface area contributed by atoms with Crippen molar-refractivity contribution in [1.82, 2.24) is 10.3 Å². The number of aromatic nitrogens is 1. The summed E-state index contributed by atoms with van der Waals surface area (Å²) in [6.45, 7) is 6.56. The van der Waals surface area contributed by atoms with Gasteiger partial charge in [-0.1, -0.05) is 38.8 Å². The van der Waals surface area contributed by atoms with Gasteiger partial charge in [0.1, 0.15) is 11.0 Å². The van der Waals surface area contributed by atoms with Gasteiger partial charge < -0.3 is 5.32 Å². The van der Waals surface area contributed by atoms with Crippen LogP contribution in [0.25, 0.3) is 0 Å². The SMILES string of the molecule is CC1CCC(C(C)C)C(NC(=O)c2cc(F)cnc2Cl)C1. The van der Waals surface area contributed by atoms with Crippen LogP contribution >= 0.6 is 11.6 Å². The van der Waals surface area contributed by atoms with Crippen molar-refractivity contribution in [2.75, 3.05) is 0 Å². The molecular formula is C16H22ClFN2O. The van der Waals surface area contributed by atoms with Crippen molar-refractivity contribution in [2.24, 2.45) is 17.8 Å². The molecular weight excluding hydrogens is 291 g/mol. The molecule has 1 fully saturated rings. The van der Waals surface area contributed by atoms with Crippen molar-refractivity contribution in [1.29, 1.82) is 0 Å². The van der Waals surface area contributed by atoms with E-state index >= 15 is 0 Å². The molecule has 3 unspecified atom stereocenters. The van der Waals surface area contributed by atoms with Crippen LogP contribution in [0.2, 0.25) is 5.15 Å². The molecule has 0 spiro atoms. The topological polar surface area (TPSA) is 42.0 Å². The molecule has 1 aromatic heterocycles. The van der Waals surface area contributed by atoms with Crippen LogP contribution in [0.5, 0.6) is 0 Å². The average molecular weight is 313 g/mol. The molecule has 2 rings (SSSR count). The molecule has 1 N–H and O–H groups in total. The molecule has 1 aromatic rings. The number of hydrogen-bond acceptors (Lipinski definition) is 2. The predicted octanol–water partition coefficient (Wildman–Crippen LogP) is 4.06. The zero-order chi connectivity index (χ0) is 15.6. The van der Waals surface area contributed by atoms with Gasteiger partial charge in [0.25, 0.3) is 5.91 Å². The van der Waals surface area contributed by atoms with E-state index in [1.165, 1.54) is 6.42 Å². The summed E-state index contributed by atoms with van der Waals surface area (Å²) in [6, 6.07) is 1.25. The Morgan fingerprint density at radius 3 is 2.86 bits per heavy atom. The maximum Gasteiger partial charge on any atom is 0.254 e. The van der Waals surface area contributed by atoms with Gasteiger partial charge in [-0.15, -0.1) is 0 Å². The van der Waals surface area contributed by atoms with E-state index in [-0.39, 0.29) is 22.7 Å². The number of hydrogen-bond donors (Lipinski definition) is 1. The molecule has 1 saturated carbocycles. The Bertz CT molecular complexity index is 521. The standard InChI is InChI=1S/C16H22ClFN2O/c1-9(2)12-5-4-10(3)6-14(12)20-16(21)13-7-11(18)8-19-15(13)17/h7-10,12,14H,4-6H2,1-3H3,(H,20,21). The molecule has 1 heterocycles. The van der Waals surface area contributed by atoms with Crippen LogP contribution in [0.4, 0.5) is 4.39 Å². The summed E-state index contributed by atoms with van der Waals surface area (Å²) in [5, 5.41) is 3.08. The molecule has 0 aliphatic heterocycles. The third-order valence-corrected chi connectivity index (χ3v) is 4.69. The second kappa shape index (κ2) is 6.73. The molecule has 1 aliphatic rings. The molecule has 0 bridgehead atoms. The maximum atomic E-state index is 13.3. The lowest BCUT2D eigenvalue weighted by Gasteiger charge is -2.37. The van der Waals surface area contributed by atoms with Crippen LogP contribution in [0.15, 0.2) is 12.3 Å². The highest BCUT2D eigenvalue weighted by Gasteiger charge is 2.32. The number of carbonyl (C=O) groups is 1. The summed E-state index contributed by atoms with van der Waals surface area (Å²) >= 11 is 5.90. The van der Waals surface area contributed by atoms with E-state index in [2.05, 4.69) is 31.1 Å². The molecule has 116 valence electrons. The van der Waals surface area contributed by atoms with Gasteiger partial charge in [0.2, 0.25) is 0 Å². The van der Waals surface area contributed by atoms with Crippen LogP contribution in [0.1, 0.15) is 50.4 Å². The van der Waals surface area contributed by atoms with Crippen molar-refractivity contribution in [3.05, 3.63) is 28.8 Å². The van der Waals surface area contributed by atoms with Crippen molar-refractivity contribution in [2.45, 2.75) is 46.1 Å². The van der Waals surface area contributed by atoms with Gasteiger partial charge in [0.15, 0.2) is 0 Å². The zero-order valence-electron chi connectivity index (χ0n) is 12.7. The van der Waals surface area contributed by atoms with Gasteiger partial charge in [0.05, 0.1) is 11.8 Å². The lowest BCUT2D eigenvalue weighted by Crippen LogP contribution is -2.45. The van der Waals surface area contributed by atoms with Crippen molar-refractivity contribution in [3.8, 4) is 0 Å². The second-order valence-corrected chi connectivity index (χ2v) is 6.76. The molecule has 5 heteroatoms. The largest absolute Gasteiger partial charge is 0.349 e. The highest BCUT2D eigenvalue weighted by Crippen LogP contribution is 2.33. The van der Waals surface area contributed by atoms with E-state index < -0.39 is 5.82 Å². The number of pyridine rings is 1. The first-order valence-electron chi connectivity index (χ1n) is 7.50. The first-order chi connectivity index (χ1) is 9.88. The first-order valence-corrected chi connectivity index (χ1v) is 7.88. The summed E-state index contributed by atoms with van der Waals surface area (Å²) < 4.78 is 13.3. The normalized spacial score (nSPS) is 25.9. The third-order valence-electron chi connectivity index (χ3n) is 4.39. The van der Waals surface area contributed by atoms with Crippen LogP contribution < -0.4 is 5.32 Å². The molecule has 0 radical (unpaired) electrons. The average Bonchev–Trinajstić information content (AvgIpc) is 2.41. The van der Waals surface area contributed by atoms with E-state index in [9.17, 15) is 9.18 Å². The van der Waals surface area contributed by atoms with E-state index in [1.54, 1.807) is 0 Å². The van der Waals surface area contributed by atoms with E-state index in [1.807, 2.05) is 0 Å². The molecule has 0 aromatic carbocycles. The fourth-order valence-electron chi connectivity index (χ4n) is 3.20. The fourth-order valence-corrected chi connectivity index (χ4v) is 3.39. The number of nitrogens with zero attached hydrogens (tertiary/aromatic N) is 1. The van der Waals surface area contributed by atoms with Gasteiger partial charge in [-0.2, -0.15) is 0 Å². The van der Waals surface area contributed by atoms with Gasteiger partial charge in [-0.25, -0.2) is 9.37 Å². The van der Waals surface area contributed by atoms with Gasteiger partial charge in [0, 0.05) is 6.04 Å². The van der Waals surface area contributed by atoms with Crippen LogP contribution in [0.3, 0.4) is 0 Å². The number of carbonyl (C=O) groups excluding carboxylic acids is 1. The quantitative estimate of drug-likeness (QED) is 0.855. The molecule has 1 aliphatic carbocycles. The summed E-state index contributed by atoms with van der Waals surface area (Å²) in [5.41, 5.74) is 0.109. The van der Waals surface area contributed by atoms with E-state index in [4.69, 9.17) is 11.6 Å². The Balaban J connectivity index is 2.14. The van der Waals surface area contributed by atoms with Gasteiger partial charge in [-0.3, -0.25) is 4.79 Å². The Hall–Kier alpha value is -1.16. The highest BCUT2D eigenvalue weighted by atomic mass is 35.5. The van der Waals surface area contributed by atoms with Crippen molar-refractivity contribution < 1.29 is 9.18 Å². The Labute approximate surface area is 130 Å². The van der Waals surface area contributed by atoms with Crippen LogP contribution in [-0.2, 0) is 0 Å². The molecule has 1 amide bonds. The Morgan fingerprint density at radius 2 is 2.19 bits per heavy atom. The minimum Gasteiger partial charge on any atom is -0.349 e. The summed E-state index contributed by atoms with van der Waals surface area (Å²) in [4.78, 5) is 16.1. The summed E-state index contributed by atoms with van der Waals surface area (Å²) in [6.07, 6.45) is 4.27. The molecule has 3 atom stereocenters. The van der Waals surface area contributed by atoms with Gasteiger partial charge >= 0.3 is 0 Å². The predicted molar refractivity (Wildman–Crippen MR) is 81.8 cm³/mol. The molecule has 3 nitrogen and oxygen atoms in total. The van der Waals surface area contributed by atoms with Crippen molar-refractivity contribution >= 4 is 17.5 Å². The highest BCUT2D eigenvalue weighted by molar-refractivity contribution is 6.32. The first kappa shape index (κ1) is 16.2. The van der Waals surface area contributed by atoms with Crippen LogP contribution in [-0.4, -0.2) is 16.9 Å².